The molecule has 0 aromatic heterocycles. The second kappa shape index (κ2) is 48.5. The summed E-state index contributed by atoms with van der Waals surface area (Å²) in [6.07, 6.45) is -13.6. The summed E-state index contributed by atoms with van der Waals surface area (Å²) in [5.41, 5.74) is 27.8. The minimum absolute atomic E-state index is 0.0115. The van der Waals surface area contributed by atoms with E-state index >= 15 is 0 Å². The number of phenolic OH excluding ortho intramolecular Hbond substituents is 1. The molecule has 0 spiro atoms. The van der Waals surface area contributed by atoms with Crippen LogP contribution in [-0.2, 0) is 78.3 Å². The molecule has 0 aliphatic heterocycles. The number of aliphatic imine (C=N–C) groups is 2. The lowest BCUT2D eigenvalue weighted by Gasteiger charge is -2.29. The van der Waals surface area contributed by atoms with E-state index in [0.717, 1.165) is 20.8 Å². The van der Waals surface area contributed by atoms with Gasteiger partial charge in [0.1, 0.15) is 72.2 Å². The molecule has 0 saturated heterocycles. The number of rotatable bonds is 47. The number of halogens is 3. The Hall–Kier alpha value is -10.8. The first-order valence-corrected chi connectivity index (χ1v) is 34.0. The highest BCUT2D eigenvalue weighted by molar-refractivity contribution is 6.00. The molecule has 0 radical (unpaired) electrons. The fraction of sp³-hybridized carbons (Fsp3) is 0.641. The van der Waals surface area contributed by atoms with E-state index in [0.29, 0.717) is 5.56 Å². The van der Waals surface area contributed by atoms with E-state index in [4.69, 9.17) is 38.6 Å². The number of hydrogen-bond donors (Lipinski definition) is 25. The predicted octanol–water partition coefficient (Wildman–Crippen LogP) is -7.36. The van der Waals surface area contributed by atoms with Gasteiger partial charge in [0.2, 0.25) is 65.0 Å². The summed E-state index contributed by atoms with van der Waals surface area (Å²) < 4.78 is 31.7. The quantitative estimate of drug-likeness (QED) is 0.0164. The van der Waals surface area contributed by atoms with Gasteiger partial charge in [0.05, 0.1) is 43.8 Å². The summed E-state index contributed by atoms with van der Waals surface area (Å²) >= 11 is 0. The van der Waals surface area contributed by atoms with Crippen LogP contribution < -0.4 is 87.2 Å². The third-order valence-electron chi connectivity index (χ3n) is 15.2. The van der Waals surface area contributed by atoms with Crippen molar-refractivity contribution in [3.05, 3.63) is 29.8 Å². The number of phenols is 1. The normalized spacial score (nSPS) is 15.3. The molecule has 42 nitrogen and oxygen atoms in total. The third kappa shape index (κ3) is 39.6. The predicted molar refractivity (Wildman–Crippen MR) is 377 cm³/mol. The lowest BCUT2D eigenvalue weighted by molar-refractivity contribution is -0.192. The van der Waals surface area contributed by atoms with Crippen molar-refractivity contribution in [1.29, 1.82) is 0 Å². The molecule has 0 aliphatic rings. The molecule has 1 aromatic carbocycles. The molecule has 1 rings (SSSR count). The Morgan fingerprint density at radius 3 is 1.06 bits per heavy atom. The molecular weight excluding hydrogens is 1460 g/mol. The van der Waals surface area contributed by atoms with Gasteiger partial charge in [-0.2, -0.15) is 13.2 Å². The van der Waals surface area contributed by atoms with Crippen molar-refractivity contribution < 1.29 is 131 Å². The van der Waals surface area contributed by atoms with Gasteiger partial charge in [0.25, 0.3) is 0 Å². The smallest absolute Gasteiger partial charge is 0.490 e. The minimum Gasteiger partial charge on any atom is -0.508 e. The number of carbonyl (C=O) groups excluding carboxylic acids is 11. The average Bonchev–Trinajstić information content (AvgIpc) is 0.847. The van der Waals surface area contributed by atoms with Gasteiger partial charge < -0.3 is 133 Å². The number of benzene rings is 1. The monoisotopic (exact) mass is 1570 g/mol. The number of nitrogens with two attached hydrogens (primary N) is 5. The SMILES string of the molecule is CC(C)C[C@H](NC(=O)[C@@H](NC(=O)[C@H](Cc1ccc(O)cc1)NC(=O)[C@@H](NC(=O)[C@H](CCCN=C(N)N)NC(=O)[C@H](CC(C)C)NC(=O)[C@H](CO)NC(=O)[C@H](CC(=O)O)NC(=O)[C@H](CC(C)C)NC(=O)[C@H](CC(=O)O)NC(=O)[C@@H](NC(=O)[C@@H](N)CCCN=C(N)N)[C@@H](C)O)[C@@H](C)O)[C@@H](C)O)C(=O)O.O=C(O)C(F)(F)F. The molecule has 11 amide bonds. The molecule has 15 atom stereocenters. The number of aliphatic hydroxyl groups excluding tert-OH is 4. The van der Waals surface area contributed by atoms with Crippen molar-refractivity contribution in [2.45, 2.75) is 224 Å². The Balaban J connectivity index is 0.0000158. The van der Waals surface area contributed by atoms with Crippen LogP contribution in [0.4, 0.5) is 13.2 Å². The number of amides is 11. The first-order valence-electron chi connectivity index (χ1n) is 34.0. The molecule has 0 unspecified atom stereocenters. The summed E-state index contributed by atoms with van der Waals surface area (Å²) in [5, 5.41) is 114. The molecular formula is C64H105F3N18O24. The van der Waals surface area contributed by atoms with Crippen LogP contribution in [0.3, 0.4) is 0 Å². The molecule has 0 heterocycles. The molecule has 0 aliphatic carbocycles. The number of nitrogens with zero attached hydrogens (tertiary/aromatic N) is 2. The van der Waals surface area contributed by atoms with Gasteiger partial charge >= 0.3 is 30.1 Å². The number of carbonyl (C=O) groups is 15. The van der Waals surface area contributed by atoms with Gasteiger partial charge in [-0.25, -0.2) is 9.59 Å². The van der Waals surface area contributed by atoms with Gasteiger partial charge in [-0.3, -0.25) is 72.3 Å². The maximum Gasteiger partial charge on any atom is 0.490 e. The number of alkyl halides is 3. The number of nitrogens with one attached hydrogen (secondary N) is 11. The Morgan fingerprint density at radius 2 is 0.706 bits per heavy atom. The number of hydrogen-bond acceptors (Lipinski definition) is 23. The van der Waals surface area contributed by atoms with Gasteiger partial charge in [0.15, 0.2) is 11.9 Å². The number of aliphatic carboxylic acids is 4. The highest BCUT2D eigenvalue weighted by Crippen LogP contribution is 2.16. The van der Waals surface area contributed by atoms with E-state index < -0.39 is 224 Å². The van der Waals surface area contributed by atoms with Gasteiger partial charge in [-0.05, 0) is 101 Å². The summed E-state index contributed by atoms with van der Waals surface area (Å²) in [4.78, 5) is 205. The number of guanidine groups is 2. The number of carboxylic acid groups (broad SMARTS) is 4. The third-order valence-corrected chi connectivity index (χ3v) is 15.2. The van der Waals surface area contributed by atoms with E-state index in [2.05, 4.69) is 68.5 Å². The summed E-state index contributed by atoms with van der Waals surface area (Å²) in [7, 11) is 0. The second-order valence-electron chi connectivity index (χ2n) is 26.5. The Morgan fingerprint density at radius 1 is 0.413 bits per heavy atom. The zero-order valence-corrected chi connectivity index (χ0v) is 61.5. The topological polar surface area (TPSA) is 725 Å². The van der Waals surface area contributed by atoms with Crippen LogP contribution in [0, 0.1) is 17.8 Å². The standard InChI is InChI=1S/C62H104N18O22.C2HF3O2/c1-27(2)20-37(51(92)70-36(13-11-19-69-62(66)67)50(91)79-47(31(8)83)58(99)74-39(23-33-14-16-34(85)17-15-33)55(96)80-48(32(9)84)59(100)76-42(60(101)102)22-29(5)6)72-56(97)43(26-81)77-54(95)40(24-44(86)87)73-52(93)38(21-28(3)4)71-53(94)41(25-45(88)89)75-57(98)46(30(7)82)78-49(90)35(63)12-10-18-68-61(64)65;3-2(4,5)1(6)7/h14-17,27-32,35-43,46-48,81-85H,10-13,18-26,63H2,1-9H3,(H,70,92)(H,71,94)(H,72,97)(H,73,93)(H,74,99)(H,75,98)(H,76,100)(H,77,95)(H,78,90)(H,79,91)(H,80,96)(H,86,87)(H,88,89)(H,101,102)(H4,64,65,68)(H4,66,67,69);(H,6,7)/t30-,31-,32-,35+,36+,37+,38+,39+,40+,41+,42+,43+,46+,47+,48+;/m1./s1. The molecule has 30 N–H and O–H groups in total. The van der Waals surface area contributed by atoms with Crippen molar-refractivity contribution >= 4 is 101 Å². The van der Waals surface area contributed by atoms with Crippen LogP contribution in [0.15, 0.2) is 34.3 Å². The van der Waals surface area contributed by atoms with E-state index in [1.807, 2.05) is 0 Å². The lowest BCUT2D eigenvalue weighted by Crippen LogP contribution is -2.63. The molecule has 0 fully saturated rings. The summed E-state index contributed by atoms with van der Waals surface area (Å²) in [6, 6.07) is -15.9. The first-order chi connectivity index (χ1) is 50.4. The van der Waals surface area contributed by atoms with Crippen LogP contribution in [-0.4, -0.2) is 263 Å². The van der Waals surface area contributed by atoms with Crippen LogP contribution in [0.5, 0.6) is 5.75 Å². The largest absolute Gasteiger partial charge is 0.508 e. The van der Waals surface area contributed by atoms with E-state index in [1.165, 1.54) is 24.3 Å². The Bertz CT molecular complexity index is 3300. The fourth-order valence-electron chi connectivity index (χ4n) is 9.69. The van der Waals surface area contributed by atoms with Crippen LogP contribution >= 0.6 is 0 Å². The van der Waals surface area contributed by atoms with Crippen molar-refractivity contribution in [2.24, 2.45) is 56.4 Å². The lowest BCUT2D eigenvalue weighted by atomic mass is 10.0. The molecule has 616 valence electrons. The summed E-state index contributed by atoms with van der Waals surface area (Å²) in [6.45, 7) is 11.8. The van der Waals surface area contributed by atoms with E-state index in [1.54, 1.807) is 41.5 Å². The Labute approximate surface area is 623 Å². The van der Waals surface area contributed by atoms with E-state index in [-0.39, 0.29) is 81.6 Å². The molecule has 109 heavy (non-hydrogen) atoms. The van der Waals surface area contributed by atoms with Crippen LogP contribution in [0.2, 0.25) is 0 Å². The average molecular weight is 1570 g/mol. The highest BCUT2D eigenvalue weighted by atomic mass is 19.4. The van der Waals surface area contributed by atoms with Crippen molar-refractivity contribution in [3.63, 3.8) is 0 Å². The summed E-state index contributed by atoms with van der Waals surface area (Å²) in [5.74, 6) is -22.6. The number of aliphatic hydroxyl groups is 4. The maximum atomic E-state index is 14.4. The van der Waals surface area contributed by atoms with Crippen LogP contribution in [0.1, 0.15) is 126 Å². The zero-order chi connectivity index (χ0) is 84.1. The van der Waals surface area contributed by atoms with Crippen molar-refractivity contribution in [3.8, 4) is 5.75 Å². The number of aromatic hydroxyl groups is 1. The second-order valence-corrected chi connectivity index (χ2v) is 26.5. The Kier molecular flexibility index (Phi) is 43.7. The highest BCUT2D eigenvalue weighted by Gasteiger charge is 2.41. The molecule has 1 aromatic rings. The van der Waals surface area contributed by atoms with Gasteiger partial charge in [-0.1, -0.05) is 53.7 Å². The molecule has 0 bridgehead atoms. The first kappa shape index (κ1) is 98.2. The van der Waals surface area contributed by atoms with Gasteiger partial charge in [-0.15, -0.1) is 0 Å². The van der Waals surface area contributed by atoms with E-state index in [9.17, 15) is 121 Å². The minimum atomic E-state index is -5.08. The number of carboxylic acids is 4. The fourth-order valence-corrected chi connectivity index (χ4v) is 9.69. The molecule has 0 saturated carbocycles. The van der Waals surface area contributed by atoms with Crippen molar-refractivity contribution in [2.75, 3.05) is 19.7 Å². The van der Waals surface area contributed by atoms with Crippen molar-refractivity contribution in [1.82, 2.24) is 58.5 Å². The van der Waals surface area contributed by atoms with Gasteiger partial charge in [0, 0.05) is 19.5 Å². The molecule has 45 heteroatoms. The van der Waals surface area contributed by atoms with Crippen LogP contribution in [0.25, 0.3) is 0 Å². The maximum absolute atomic E-state index is 14.4. The zero-order valence-electron chi connectivity index (χ0n) is 61.5.